The number of ether oxygens (including phenoxy) is 1. The number of amides is 1. The quantitative estimate of drug-likeness (QED) is 0.194. The Morgan fingerprint density at radius 1 is 1.29 bits per heavy atom. The van der Waals surface area contributed by atoms with Crippen LogP contribution in [0.3, 0.4) is 0 Å². The minimum atomic E-state index is -4.14. The fraction of sp³-hybridized carbons (Fsp3) is 0.348. The Kier molecular flexibility index (Phi) is 7.50. The summed E-state index contributed by atoms with van der Waals surface area (Å²) in [6, 6.07) is 4.49. The summed E-state index contributed by atoms with van der Waals surface area (Å²) in [6.45, 7) is 2.64. The first-order valence-electron chi connectivity index (χ1n) is 11.9. The van der Waals surface area contributed by atoms with Gasteiger partial charge in [0.1, 0.15) is 16.4 Å². The molecule has 0 bridgehead atoms. The molecule has 0 radical (unpaired) electrons. The Labute approximate surface area is 220 Å². The minimum Gasteiger partial charge on any atom is -0.378 e. The molecule has 1 aliphatic rings. The fourth-order valence-corrected chi connectivity index (χ4v) is 5.29. The monoisotopic (exact) mass is 561 g/mol. The van der Waals surface area contributed by atoms with Crippen molar-refractivity contribution in [2.24, 2.45) is 0 Å². The van der Waals surface area contributed by atoms with Gasteiger partial charge in [-0.3, -0.25) is 18.7 Å². The lowest BCUT2D eigenvalue weighted by Gasteiger charge is -2.34. The van der Waals surface area contributed by atoms with E-state index >= 15 is 0 Å². The maximum atomic E-state index is 13.9. The van der Waals surface area contributed by atoms with E-state index in [1.54, 1.807) is 28.5 Å². The SMILES string of the molecule is CCO[C@H]1C[C@@H](n2cc(NC(=O)c3csc(-c4cnn(CCP(=O)(O)O)c4)n3)c(-c3cccc(F)n3)n2)C1. The Bertz CT molecular complexity index is 1490. The third-order valence-electron chi connectivity index (χ3n) is 6.02. The number of aryl methyl sites for hydroxylation is 1. The Morgan fingerprint density at radius 2 is 2.11 bits per heavy atom. The van der Waals surface area contributed by atoms with Crippen molar-refractivity contribution in [3.63, 3.8) is 0 Å². The summed E-state index contributed by atoms with van der Waals surface area (Å²) in [6.07, 6.45) is 6.26. The Balaban J connectivity index is 1.33. The maximum absolute atomic E-state index is 13.9. The van der Waals surface area contributed by atoms with E-state index < -0.39 is 19.5 Å². The van der Waals surface area contributed by atoms with E-state index in [9.17, 15) is 13.8 Å². The van der Waals surface area contributed by atoms with Crippen LogP contribution in [-0.4, -0.2) is 64.1 Å². The van der Waals surface area contributed by atoms with Crippen LogP contribution < -0.4 is 5.32 Å². The molecular weight excluding hydrogens is 536 g/mol. The summed E-state index contributed by atoms with van der Waals surface area (Å²) in [7, 11) is -4.14. The number of thiazole rings is 1. The van der Waals surface area contributed by atoms with Crippen molar-refractivity contribution in [2.45, 2.75) is 38.5 Å². The van der Waals surface area contributed by atoms with E-state index in [1.165, 1.54) is 34.3 Å². The van der Waals surface area contributed by atoms with Gasteiger partial charge in [0.15, 0.2) is 0 Å². The first kappa shape index (κ1) is 26.3. The van der Waals surface area contributed by atoms with Crippen molar-refractivity contribution < 1.29 is 28.3 Å². The molecule has 15 heteroatoms. The number of anilines is 1. The normalized spacial score (nSPS) is 17.4. The Hall–Kier alpha value is -3.29. The van der Waals surface area contributed by atoms with Crippen LogP contribution in [0.15, 0.2) is 42.2 Å². The van der Waals surface area contributed by atoms with Crippen LogP contribution in [0.1, 0.15) is 36.3 Å². The van der Waals surface area contributed by atoms with E-state index in [4.69, 9.17) is 14.5 Å². The molecule has 0 atom stereocenters. The van der Waals surface area contributed by atoms with Crippen LogP contribution in [-0.2, 0) is 15.8 Å². The van der Waals surface area contributed by atoms with Gasteiger partial charge >= 0.3 is 7.60 Å². The molecule has 1 amide bonds. The van der Waals surface area contributed by atoms with Crippen LogP contribution in [0.4, 0.5) is 10.1 Å². The molecule has 200 valence electrons. The smallest absolute Gasteiger partial charge is 0.327 e. The van der Waals surface area contributed by atoms with Crippen molar-refractivity contribution in [3.8, 4) is 22.0 Å². The van der Waals surface area contributed by atoms with Crippen molar-refractivity contribution in [1.29, 1.82) is 0 Å². The molecule has 1 fully saturated rings. The van der Waals surface area contributed by atoms with Gasteiger partial charge in [0.25, 0.3) is 5.91 Å². The summed E-state index contributed by atoms with van der Waals surface area (Å²) in [5.74, 6) is -1.13. The highest BCUT2D eigenvalue weighted by Gasteiger charge is 2.33. The molecule has 1 aliphatic carbocycles. The number of hydrogen-bond donors (Lipinski definition) is 3. The summed E-state index contributed by atoms with van der Waals surface area (Å²) < 4.78 is 33.8. The molecule has 0 spiro atoms. The van der Waals surface area contributed by atoms with E-state index in [0.717, 1.165) is 12.8 Å². The number of hydrogen-bond acceptors (Lipinski definition) is 8. The molecule has 0 unspecified atom stereocenters. The van der Waals surface area contributed by atoms with E-state index in [-0.39, 0.29) is 30.5 Å². The molecule has 0 aliphatic heterocycles. The lowest BCUT2D eigenvalue weighted by Crippen LogP contribution is -2.33. The van der Waals surface area contributed by atoms with Crippen LogP contribution in [0.2, 0.25) is 0 Å². The van der Waals surface area contributed by atoms with Crippen LogP contribution in [0.5, 0.6) is 0 Å². The maximum Gasteiger partial charge on any atom is 0.327 e. The lowest BCUT2D eigenvalue weighted by molar-refractivity contribution is -0.0226. The van der Waals surface area contributed by atoms with E-state index in [1.807, 2.05) is 6.92 Å². The summed E-state index contributed by atoms with van der Waals surface area (Å²) in [5, 5.41) is 13.7. The van der Waals surface area contributed by atoms with Gasteiger partial charge in [-0.15, -0.1) is 11.3 Å². The standard InChI is InChI=1S/C23H25FN7O5PS/c1-2-36-16-8-15(9-16)31-12-18(21(29-31)17-4-3-5-20(24)26-17)27-22(32)19-13-38-23(28-19)14-10-25-30(11-14)6-7-37(33,34)35/h3-5,10-13,15-16H,2,6-9H2,1H3,(H,27,32)(H2,33,34,35)/t15-,16+. The van der Waals surface area contributed by atoms with E-state index in [2.05, 4.69) is 25.5 Å². The number of halogens is 1. The van der Waals surface area contributed by atoms with Crippen LogP contribution in [0, 0.1) is 5.95 Å². The van der Waals surface area contributed by atoms with Crippen molar-refractivity contribution >= 4 is 30.5 Å². The number of pyridine rings is 1. The minimum absolute atomic E-state index is 0.0518. The highest BCUT2D eigenvalue weighted by Crippen LogP contribution is 2.37. The van der Waals surface area contributed by atoms with Crippen LogP contribution in [0.25, 0.3) is 22.0 Å². The zero-order chi connectivity index (χ0) is 26.9. The number of rotatable bonds is 10. The highest BCUT2D eigenvalue weighted by molar-refractivity contribution is 7.51. The predicted octanol–water partition coefficient (Wildman–Crippen LogP) is 3.57. The van der Waals surface area contributed by atoms with Gasteiger partial charge in [-0.1, -0.05) is 6.07 Å². The number of carbonyl (C=O) groups excluding carboxylic acids is 1. The number of aromatic nitrogens is 6. The predicted molar refractivity (Wildman–Crippen MR) is 137 cm³/mol. The summed E-state index contributed by atoms with van der Waals surface area (Å²) >= 11 is 1.23. The first-order valence-corrected chi connectivity index (χ1v) is 14.5. The van der Waals surface area contributed by atoms with Crippen molar-refractivity contribution in [1.82, 2.24) is 29.5 Å². The zero-order valence-electron chi connectivity index (χ0n) is 20.3. The molecule has 0 aromatic carbocycles. The van der Waals surface area contributed by atoms with Gasteiger partial charge in [0.2, 0.25) is 5.95 Å². The van der Waals surface area contributed by atoms with Gasteiger partial charge in [0, 0.05) is 29.9 Å². The summed E-state index contributed by atoms with van der Waals surface area (Å²) in [5.41, 5.74) is 1.80. The van der Waals surface area contributed by atoms with Crippen molar-refractivity contribution in [2.75, 3.05) is 18.1 Å². The van der Waals surface area contributed by atoms with Crippen LogP contribution >= 0.6 is 18.9 Å². The topological polar surface area (TPSA) is 157 Å². The highest BCUT2D eigenvalue weighted by atomic mass is 32.1. The van der Waals surface area contributed by atoms with Gasteiger partial charge in [0.05, 0.1) is 42.4 Å². The lowest BCUT2D eigenvalue weighted by atomic mass is 9.89. The number of nitrogens with zero attached hydrogens (tertiary/aromatic N) is 6. The zero-order valence-corrected chi connectivity index (χ0v) is 22.0. The van der Waals surface area contributed by atoms with Gasteiger partial charge < -0.3 is 19.8 Å². The van der Waals surface area contributed by atoms with Gasteiger partial charge in [-0.2, -0.15) is 14.6 Å². The second kappa shape index (κ2) is 10.8. The molecule has 1 saturated carbocycles. The molecule has 12 nitrogen and oxygen atoms in total. The first-order chi connectivity index (χ1) is 18.2. The average Bonchev–Trinajstić information content (AvgIpc) is 3.59. The number of carbonyl (C=O) groups is 1. The second-order valence-electron chi connectivity index (χ2n) is 8.79. The number of nitrogens with one attached hydrogen (secondary N) is 1. The molecule has 38 heavy (non-hydrogen) atoms. The molecular formula is C23H25FN7O5PS. The molecule has 3 N–H and O–H groups in total. The molecule has 4 aromatic rings. The fourth-order valence-electron chi connectivity index (χ4n) is 4.05. The second-order valence-corrected chi connectivity index (χ2v) is 11.4. The molecule has 4 heterocycles. The third kappa shape index (κ3) is 6.05. The Morgan fingerprint density at radius 3 is 2.84 bits per heavy atom. The molecule has 5 rings (SSSR count). The molecule has 4 aromatic heterocycles. The average molecular weight is 562 g/mol. The van der Waals surface area contributed by atoms with Gasteiger partial charge in [-0.25, -0.2) is 9.97 Å². The molecule has 0 saturated heterocycles. The van der Waals surface area contributed by atoms with Gasteiger partial charge in [-0.05, 0) is 31.9 Å². The summed E-state index contributed by atoms with van der Waals surface area (Å²) in [4.78, 5) is 39.5. The van der Waals surface area contributed by atoms with E-state index in [0.29, 0.717) is 34.3 Å². The van der Waals surface area contributed by atoms with Crippen molar-refractivity contribution in [3.05, 3.63) is 53.8 Å². The third-order valence-corrected chi connectivity index (χ3v) is 7.70. The largest absolute Gasteiger partial charge is 0.378 e.